The summed E-state index contributed by atoms with van der Waals surface area (Å²) in [5.74, 6) is -1.35. The molecule has 0 aliphatic heterocycles. The standard InChI is InChI=1S/C11H20FN3O3/c1-8(13)15-6-9(12)4-3-5-11(14,7-18-2)10(16)17/h4H,3,5-7,14H2,1-2H3,(H2,13,15)(H,16,17)/b9-4+. The Labute approximate surface area is 106 Å². The van der Waals surface area contributed by atoms with E-state index in [0.29, 0.717) is 0 Å². The van der Waals surface area contributed by atoms with Crippen molar-refractivity contribution >= 4 is 11.8 Å². The maximum absolute atomic E-state index is 13.2. The Hall–Kier alpha value is -1.47. The van der Waals surface area contributed by atoms with Gasteiger partial charge in [-0.05, 0) is 19.8 Å². The SMILES string of the molecule is COCC(N)(CC/C=C(/F)CN=C(C)N)C(=O)O. The van der Waals surface area contributed by atoms with E-state index in [4.69, 9.17) is 21.3 Å². The Bertz CT molecular complexity index is 340. The Morgan fingerprint density at radius 2 is 2.22 bits per heavy atom. The van der Waals surface area contributed by atoms with Crippen molar-refractivity contribution in [2.75, 3.05) is 20.3 Å². The lowest BCUT2D eigenvalue weighted by Gasteiger charge is -2.22. The molecule has 1 atom stereocenters. The zero-order valence-corrected chi connectivity index (χ0v) is 10.6. The fraction of sp³-hybridized carbons (Fsp3) is 0.636. The molecule has 18 heavy (non-hydrogen) atoms. The zero-order chi connectivity index (χ0) is 14.2. The summed E-state index contributed by atoms with van der Waals surface area (Å²) in [6, 6.07) is 0. The first-order valence-electron chi connectivity index (χ1n) is 5.44. The van der Waals surface area contributed by atoms with Crippen molar-refractivity contribution in [2.24, 2.45) is 16.5 Å². The topological polar surface area (TPSA) is 111 Å². The van der Waals surface area contributed by atoms with Crippen molar-refractivity contribution in [3.05, 3.63) is 11.9 Å². The molecular weight excluding hydrogens is 241 g/mol. The Morgan fingerprint density at radius 3 is 2.67 bits per heavy atom. The van der Waals surface area contributed by atoms with Crippen molar-refractivity contribution in [3.63, 3.8) is 0 Å². The molecule has 0 amide bonds. The Morgan fingerprint density at radius 1 is 1.61 bits per heavy atom. The van der Waals surface area contributed by atoms with Crippen molar-refractivity contribution in [1.29, 1.82) is 0 Å². The maximum atomic E-state index is 13.2. The molecule has 0 radical (unpaired) electrons. The van der Waals surface area contributed by atoms with E-state index in [1.54, 1.807) is 6.92 Å². The number of carbonyl (C=O) groups is 1. The highest BCUT2D eigenvalue weighted by Gasteiger charge is 2.33. The number of methoxy groups -OCH3 is 1. The molecule has 0 rings (SSSR count). The highest BCUT2D eigenvalue weighted by Crippen LogP contribution is 2.13. The number of hydrogen-bond donors (Lipinski definition) is 3. The third-order valence-electron chi connectivity index (χ3n) is 2.26. The van der Waals surface area contributed by atoms with E-state index in [-0.39, 0.29) is 31.8 Å². The first kappa shape index (κ1) is 16.5. The van der Waals surface area contributed by atoms with E-state index in [0.717, 1.165) is 0 Å². The molecule has 0 spiro atoms. The van der Waals surface area contributed by atoms with Gasteiger partial charge in [-0.15, -0.1) is 0 Å². The van der Waals surface area contributed by atoms with E-state index < -0.39 is 17.3 Å². The minimum atomic E-state index is -1.50. The summed E-state index contributed by atoms with van der Waals surface area (Å²) in [6.45, 7) is 1.29. The smallest absolute Gasteiger partial charge is 0.326 e. The van der Waals surface area contributed by atoms with Gasteiger partial charge in [0.25, 0.3) is 0 Å². The number of allylic oxidation sites excluding steroid dienone is 1. The van der Waals surface area contributed by atoms with E-state index in [1.807, 2.05) is 0 Å². The van der Waals surface area contributed by atoms with Crippen LogP contribution in [0.15, 0.2) is 16.9 Å². The van der Waals surface area contributed by atoms with Gasteiger partial charge in [0.2, 0.25) is 0 Å². The molecule has 6 nitrogen and oxygen atoms in total. The van der Waals surface area contributed by atoms with Gasteiger partial charge in [-0.25, -0.2) is 4.39 Å². The average molecular weight is 261 g/mol. The Balaban J connectivity index is 4.33. The fourth-order valence-electron chi connectivity index (χ4n) is 1.25. The summed E-state index contributed by atoms with van der Waals surface area (Å²) in [5.41, 5.74) is 9.39. The maximum Gasteiger partial charge on any atom is 0.326 e. The largest absolute Gasteiger partial charge is 0.480 e. The van der Waals surface area contributed by atoms with Gasteiger partial charge >= 0.3 is 5.97 Å². The lowest BCUT2D eigenvalue weighted by atomic mass is 9.95. The minimum absolute atomic E-state index is 0.0783. The lowest BCUT2D eigenvalue weighted by molar-refractivity contribution is -0.145. The zero-order valence-electron chi connectivity index (χ0n) is 10.6. The summed E-state index contributed by atoms with van der Waals surface area (Å²) in [4.78, 5) is 14.6. The predicted octanol–water partition coefficient (Wildman–Crippen LogP) is 0.426. The number of carboxylic acids is 1. The number of hydrogen-bond acceptors (Lipinski definition) is 4. The molecule has 5 N–H and O–H groups in total. The van der Waals surface area contributed by atoms with Crippen LogP contribution in [0, 0.1) is 0 Å². The fourth-order valence-corrected chi connectivity index (χ4v) is 1.25. The van der Waals surface area contributed by atoms with E-state index in [1.165, 1.54) is 13.2 Å². The van der Waals surface area contributed by atoms with Crippen LogP contribution in [0.25, 0.3) is 0 Å². The van der Waals surface area contributed by atoms with Gasteiger partial charge in [0, 0.05) is 7.11 Å². The number of carboxylic acid groups (broad SMARTS) is 1. The second-order valence-corrected chi connectivity index (χ2v) is 4.04. The molecule has 0 aliphatic rings. The van der Waals surface area contributed by atoms with Gasteiger partial charge in [0.15, 0.2) is 0 Å². The van der Waals surface area contributed by atoms with Crippen molar-refractivity contribution in [2.45, 2.75) is 25.3 Å². The summed E-state index contributed by atoms with van der Waals surface area (Å²) in [6.07, 6.45) is 1.53. The summed E-state index contributed by atoms with van der Waals surface area (Å²) < 4.78 is 18.0. The van der Waals surface area contributed by atoms with Gasteiger partial charge in [0.1, 0.15) is 11.4 Å². The quantitative estimate of drug-likeness (QED) is 0.433. The highest BCUT2D eigenvalue weighted by molar-refractivity contribution is 5.78. The molecule has 0 aliphatic carbocycles. The number of amidine groups is 1. The minimum Gasteiger partial charge on any atom is -0.480 e. The van der Waals surface area contributed by atoms with Crippen LogP contribution in [0.2, 0.25) is 0 Å². The molecule has 7 heteroatoms. The van der Waals surface area contributed by atoms with Crippen LogP contribution in [-0.4, -0.2) is 42.7 Å². The molecule has 0 bridgehead atoms. The molecule has 0 saturated heterocycles. The van der Waals surface area contributed by atoms with E-state index >= 15 is 0 Å². The van der Waals surface area contributed by atoms with Gasteiger partial charge in [-0.2, -0.15) is 0 Å². The summed E-state index contributed by atoms with van der Waals surface area (Å²) in [5, 5.41) is 8.95. The van der Waals surface area contributed by atoms with Crippen molar-refractivity contribution in [3.8, 4) is 0 Å². The van der Waals surface area contributed by atoms with E-state index in [2.05, 4.69) is 4.99 Å². The average Bonchev–Trinajstić information content (AvgIpc) is 2.26. The van der Waals surface area contributed by atoms with Crippen LogP contribution in [0.1, 0.15) is 19.8 Å². The second-order valence-electron chi connectivity index (χ2n) is 4.04. The van der Waals surface area contributed by atoms with Crippen LogP contribution >= 0.6 is 0 Å². The molecule has 1 unspecified atom stereocenters. The number of rotatable bonds is 8. The third kappa shape index (κ3) is 6.31. The predicted molar refractivity (Wildman–Crippen MR) is 67.0 cm³/mol. The van der Waals surface area contributed by atoms with Crippen LogP contribution < -0.4 is 11.5 Å². The molecule has 0 heterocycles. The van der Waals surface area contributed by atoms with Crippen molar-refractivity contribution < 1.29 is 19.0 Å². The second kappa shape index (κ2) is 7.78. The summed E-state index contributed by atoms with van der Waals surface area (Å²) in [7, 11) is 1.36. The van der Waals surface area contributed by atoms with Gasteiger partial charge in [0.05, 0.1) is 19.0 Å². The van der Waals surface area contributed by atoms with Gasteiger partial charge < -0.3 is 21.3 Å². The monoisotopic (exact) mass is 261 g/mol. The number of halogens is 1. The number of nitrogens with zero attached hydrogens (tertiary/aromatic N) is 1. The first-order chi connectivity index (χ1) is 8.31. The normalized spacial score (nSPS) is 16.4. The molecule has 0 aromatic heterocycles. The number of nitrogens with two attached hydrogens (primary N) is 2. The number of aliphatic imine (C=N–C) groups is 1. The van der Waals surface area contributed by atoms with Gasteiger partial charge in [-0.3, -0.25) is 9.79 Å². The molecule has 0 aromatic carbocycles. The molecule has 0 aromatic rings. The van der Waals surface area contributed by atoms with E-state index in [9.17, 15) is 9.18 Å². The van der Waals surface area contributed by atoms with Crippen LogP contribution in [-0.2, 0) is 9.53 Å². The van der Waals surface area contributed by atoms with Gasteiger partial charge in [-0.1, -0.05) is 6.08 Å². The third-order valence-corrected chi connectivity index (χ3v) is 2.26. The molecule has 0 saturated carbocycles. The molecule has 0 fully saturated rings. The first-order valence-corrected chi connectivity index (χ1v) is 5.44. The highest BCUT2D eigenvalue weighted by atomic mass is 19.1. The number of ether oxygens (including phenoxy) is 1. The van der Waals surface area contributed by atoms with Crippen LogP contribution in [0.4, 0.5) is 4.39 Å². The molecule has 104 valence electrons. The van der Waals surface area contributed by atoms with Crippen molar-refractivity contribution in [1.82, 2.24) is 0 Å². The summed E-state index contributed by atoms with van der Waals surface area (Å²) >= 11 is 0. The Kier molecular flexibility index (Phi) is 7.14. The van der Waals surface area contributed by atoms with Crippen LogP contribution in [0.3, 0.4) is 0 Å². The lowest BCUT2D eigenvalue weighted by Crippen LogP contribution is -2.51. The number of aliphatic carboxylic acids is 1. The van der Waals surface area contributed by atoms with Crippen LogP contribution in [0.5, 0.6) is 0 Å². The molecular formula is C11H20FN3O3.